The van der Waals surface area contributed by atoms with E-state index in [4.69, 9.17) is 4.74 Å². The van der Waals surface area contributed by atoms with Gasteiger partial charge in [-0.05, 0) is 82.2 Å². The van der Waals surface area contributed by atoms with Crippen LogP contribution in [0.1, 0.15) is 58.9 Å². The van der Waals surface area contributed by atoms with Crippen molar-refractivity contribution < 1.29 is 9.53 Å². The number of ether oxygens (including phenoxy) is 1. The van der Waals surface area contributed by atoms with Crippen LogP contribution in [0.25, 0.3) is 0 Å². The summed E-state index contributed by atoms with van der Waals surface area (Å²) in [4.78, 5) is 11.9. The molecule has 0 bridgehead atoms. The average Bonchev–Trinajstić information content (AvgIpc) is 2.89. The van der Waals surface area contributed by atoms with Crippen molar-refractivity contribution in [3.63, 3.8) is 0 Å². The Morgan fingerprint density at radius 3 is 2.78 bits per heavy atom. The Balaban J connectivity index is 1.75. The maximum Gasteiger partial charge on any atom is 0.407 e. The third kappa shape index (κ3) is 6.92. The number of carbonyl (C=O) groups is 1. The smallest absolute Gasteiger partial charge is 0.407 e. The van der Waals surface area contributed by atoms with Crippen LogP contribution in [0.4, 0.5) is 4.79 Å². The van der Waals surface area contributed by atoms with Gasteiger partial charge < -0.3 is 15.4 Å². The first-order chi connectivity index (χ1) is 10.8. The van der Waals surface area contributed by atoms with E-state index in [1.165, 1.54) is 12.0 Å². The van der Waals surface area contributed by atoms with E-state index in [1.807, 2.05) is 20.8 Å². The van der Waals surface area contributed by atoms with E-state index in [1.54, 1.807) is 11.3 Å². The molecule has 23 heavy (non-hydrogen) atoms. The van der Waals surface area contributed by atoms with Crippen molar-refractivity contribution in [2.24, 2.45) is 0 Å². The normalized spacial score (nSPS) is 23.3. The number of hydrogen-bond acceptors (Lipinski definition) is 4. The van der Waals surface area contributed by atoms with Crippen molar-refractivity contribution >= 4 is 17.4 Å². The highest BCUT2D eigenvalue weighted by Crippen LogP contribution is 2.20. The highest BCUT2D eigenvalue weighted by Gasteiger charge is 2.26. The summed E-state index contributed by atoms with van der Waals surface area (Å²) in [7, 11) is 0. The van der Waals surface area contributed by atoms with Crippen LogP contribution in [0.2, 0.25) is 0 Å². The van der Waals surface area contributed by atoms with Gasteiger partial charge in [0, 0.05) is 18.1 Å². The summed E-state index contributed by atoms with van der Waals surface area (Å²) in [6.07, 6.45) is 5.10. The topological polar surface area (TPSA) is 50.4 Å². The Hall–Kier alpha value is -1.07. The zero-order valence-corrected chi connectivity index (χ0v) is 15.5. The molecule has 2 rings (SSSR count). The lowest BCUT2D eigenvalue weighted by atomic mass is 9.90. The molecule has 1 amide bonds. The van der Waals surface area contributed by atoms with Crippen LogP contribution < -0.4 is 10.6 Å². The SMILES string of the molecule is CC(Cc1ccsc1)NC1CCCC(NC(=O)OC(C)(C)C)C1. The summed E-state index contributed by atoms with van der Waals surface area (Å²) in [6.45, 7) is 7.92. The summed E-state index contributed by atoms with van der Waals surface area (Å²) < 4.78 is 5.36. The maximum absolute atomic E-state index is 11.9. The van der Waals surface area contributed by atoms with Crippen molar-refractivity contribution in [3.8, 4) is 0 Å². The average molecular weight is 339 g/mol. The van der Waals surface area contributed by atoms with Crippen LogP contribution >= 0.6 is 11.3 Å². The zero-order chi connectivity index (χ0) is 16.9. The highest BCUT2D eigenvalue weighted by molar-refractivity contribution is 7.07. The number of hydrogen-bond donors (Lipinski definition) is 2. The minimum Gasteiger partial charge on any atom is -0.444 e. The van der Waals surface area contributed by atoms with E-state index in [-0.39, 0.29) is 12.1 Å². The molecule has 0 aromatic carbocycles. The second kappa shape index (κ2) is 8.15. The lowest BCUT2D eigenvalue weighted by molar-refractivity contribution is 0.0488. The fourth-order valence-electron chi connectivity index (χ4n) is 3.17. The van der Waals surface area contributed by atoms with Crippen molar-refractivity contribution in [2.45, 2.75) is 83.5 Å². The summed E-state index contributed by atoms with van der Waals surface area (Å²) in [5, 5.41) is 11.1. The number of amides is 1. The van der Waals surface area contributed by atoms with Crippen molar-refractivity contribution in [3.05, 3.63) is 22.4 Å². The number of rotatable bonds is 5. The molecule has 1 aliphatic carbocycles. The first-order valence-corrected chi connectivity index (χ1v) is 9.53. The van der Waals surface area contributed by atoms with E-state index in [9.17, 15) is 4.79 Å². The molecule has 0 aliphatic heterocycles. The predicted octanol–water partition coefficient (Wildman–Crippen LogP) is 4.10. The fourth-order valence-corrected chi connectivity index (χ4v) is 3.85. The number of alkyl carbamates (subject to hydrolysis) is 1. The molecule has 1 aromatic rings. The van der Waals surface area contributed by atoms with Gasteiger partial charge in [0.2, 0.25) is 0 Å². The Kier molecular flexibility index (Phi) is 6.48. The van der Waals surface area contributed by atoms with Crippen LogP contribution in [-0.2, 0) is 11.2 Å². The minimum absolute atomic E-state index is 0.212. The Morgan fingerprint density at radius 1 is 1.39 bits per heavy atom. The number of thiophene rings is 1. The zero-order valence-electron chi connectivity index (χ0n) is 14.7. The van der Waals surface area contributed by atoms with Gasteiger partial charge in [-0.3, -0.25) is 0 Å². The summed E-state index contributed by atoms with van der Waals surface area (Å²) >= 11 is 1.75. The van der Waals surface area contributed by atoms with Gasteiger partial charge in [-0.25, -0.2) is 4.79 Å². The number of nitrogens with one attached hydrogen (secondary N) is 2. The monoisotopic (exact) mass is 338 g/mol. The molecule has 4 nitrogen and oxygen atoms in total. The molecule has 1 heterocycles. The Morgan fingerprint density at radius 2 is 2.13 bits per heavy atom. The quantitative estimate of drug-likeness (QED) is 0.849. The molecule has 2 N–H and O–H groups in total. The molecule has 130 valence electrons. The molecule has 3 unspecified atom stereocenters. The third-order valence-corrected chi connectivity index (χ3v) is 4.77. The van der Waals surface area contributed by atoms with Gasteiger partial charge in [-0.15, -0.1) is 0 Å². The van der Waals surface area contributed by atoms with Crippen LogP contribution in [0.3, 0.4) is 0 Å². The van der Waals surface area contributed by atoms with Gasteiger partial charge in [-0.2, -0.15) is 11.3 Å². The Bertz CT molecular complexity index is 482. The van der Waals surface area contributed by atoms with E-state index < -0.39 is 5.60 Å². The van der Waals surface area contributed by atoms with Crippen molar-refractivity contribution in [1.82, 2.24) is 10.6 Å². The molecule has 0 spiro atoms. The van der Waals surface area contributed by atoms with Crippen molar-refractivity contribution in [1.29, 1.82) is 0 Å². The van der Waals surface area contributed by atoms with Gasteiger partial charge in [0.1, 0.15) is 5.60 Å². The van der Waals surface area contributed by atoms with Crippen LogP contribution in [0.5, 0.6) is 0 Å². The van der Waals surface area contributed by atoms with Crippen LogP contribution in [-0.4, -0.2) is 29.8 Å². The second-order valence-corrected chi connectivity index (χ2v) is 8.39. The minimum atomic E-state index is -0.439. The molecular formula is C18H30N2O2S. The summed E-state index contributed by atoms with van der Waals surface area (Å²) in [5.74, 6) is 0. The molecule has 1 saturated carbocycles. The van der Waals surface area contributed by atoms with Crippen molar-refractivity contribution in [2.75, 3.05) is 0 Å². The lowest BCUT2D eigenvalue weighted by Gasteiger charge is -2.33. The molecule has 1 aromatic heterocycles. The summed E-state index contributed by atoms with van der Waals surface area (Å²) in [6, 6.07) is 3.33. The highest BCUT2D eigenvalue weighted by atomic mass is 32.1. The molecule has 5 heteroatoms. The van der Waals surface area contributed by atoms with Gasteiger partial charge >= 0.3 is 6.09 Å². The first kappa shape index (κ1) is 18.3. The predicted molar refractivity (Wildman–Crippen MR) is 96.0 cm³/mol. The lowest BCUT2D eigenvalue weighted by Crippen LogP contribution is -2.47. The van der Waals surface area contributed by atoms with Crippen LogP contribution in [0, 0.1) is 0 Å². The largest absolute Gasteiger partial charge is 0.444 e. The fraction of sp³-hybridized carbons (Fsp3) is 0.722. The van der Waals surface area contributed by atoms with Gasteiger partial charge in [-0.1, -0.05) is 0 Å². The van der Waals surface area contributed by atoms with E-state index in [2.05, 4.69) is 34.4 Å². The van der Waals surface area contributed by atoms with E-state index >= 15 is 0 Å². The van der Waals surface area contributed by atoms with E-state index in [0.29, 0.717) is 12.1 Å². The van der Waals surface area contributed by atoms with Gasteiger partial charge in [0.05, 0.1) is 0 Å². The molecule has 1 aliphatic rings. The maximum atomic E-state index is 11.9. The molecule has 0 radical (unpaired) electrons. The molecular weight excluding hydrogens is 308 g/mol. The first-order valence-electron chi connectivity index (χ1n) is 8.58. The van der Waals surface area contributed by atoms with E-state index in [0.717, 1.165) is 25.7 Å². The molecule has 0 saturated heterocycles. The molecule has 3 atom stereocenters. The standard InChI is InChI=1S/C18H30N2O2S/c1-13(10-14-8-9-23-12-14)19-15-6-5-7-16(11-15)20-17(21)22-18(2,3)4/h8-9,12-13,15-16,19H,5-7,10-11H2,1-4H3,(H,20,21). The van der Waals surface area contributed by atoms with Gasteiger partial charge in [0.25, 0.3) is 0 Å². The third-order valence-electron chi connectivity index (χ3n) is 4.04. The Labute approximate surface area is 144 Å². The van der Waals surface area contributed by atoms with Gasteiger partial charge in [0.15, 0.2) is 0 Å². The van der Waals surface area contributed by atoms with Crippen LogP contribution in [0.15, 0.2) is 16.8 Å². The number of carbonyl (C=O) groups excluding carboxylic acids is 1. The second-order valence-electron chi connectivity index (χ2n) is 7.61. The summed E-state index contributed by atoms with van der Waals surface area (Å²) in [5.41, 5.74) is 0.958. The molecule has 1 fully saturated rings.